The average molecular weight is 531 g/mol. The lowest BCUT2D eigenvalue weighted by atomic mass is 9.91. The minimum atomic E-state index is -0.490. The van der Waals surface area contributed by atoms with Crippen LogP contribution in [0.4, 0.5) is 11.6 Å². The predicted octanol–water partition coefficient (Wildman–Crippen LogP) is 3.79. The quantitative estimate of drug-likeness (QED) is 0.384. The van der Waals surface area contributed by atoms with E-state index in [0.717, 1.165) is 68.0 Å². The first-order valence-electron chi connectivity index (χ1n) is 13.4. The minimum Gasteiger partial charge on any atom is -0.381 e. The highest BCUT2D eigenvalue weighted by atomic mass is 35.5. The van der Waals surface area contributed by atoms with Gasteiger partial charge in [-0.15, -0.1) is 0 Å². The standard InChI is InChI=1S/C27H39ClN6O3/c1-26(36-13-14-37-26)17-31-19-5-7-20(8-6-19)33-25-15-21(22(28)16-30-25)23-3-2-4-24(34-23)32-18-27(29)9-11-35-12-10-27/h2-4,15-16,19-20,31H,5-14,17-18,29H2,1H3,(H,30,33)(H,32,34)/t19-,20-. The Kier molecular flexibility index (Phi) is 8.48. The summed E-state index contributed by atoms with van der Waals surface area (Å²) >= 11 is 6.55. The number of ether oxygens (including phenoxy) is 3. The molecule has 2 aromatic rings. The first-order chi connectivity index (χ1) is 17.9. The second-order valence-corrected chi connectivity index (χ2v) is 11.1. The van der Waals surface area contributed by atoms with E-state index in [0.29, 0.717) is 50.1 Å². The normalized spacial score (nSPS) is 25.1. The number of halogens is 1. The van der Waals surface area contributed by atoms with Crippen molar-refractivity contribution in [2.24, 2.45) is 5.73 Å². The van der Waals surface area contributed by atoms with Gasteiger partial charge in [-0.25, -0.2) is 9.97 Å². The Morgan fingerprint density at radius 1 is 1.00 bits per heavy atom. The second-order valence-electron chi connectivity index (χ2n) is 10.7. The van der Waals surface area contributed by atoms with Gasteiger partial charge in [-0.1, -0.05) is 17.7 Å². The molecule has 2 saturated heterocycles. The lowest BCUT2D eigenvalue weighted by molar-refractivity contribution is -0.139. The summed E-state index contributed by atoms with van der Waals surface area (Å²) in [5.41, 5.74) is 7.91. The van der Waals surface area contributed by atoms with Gasteiger partial charge in [0.15, 0.2) is 5.79 Å². The van der Waals surface area contributed by atoms with Crippen molar-refractivity contribution in [3.63, 3.8) is 0 Å². The number of nitrogens with zero attached hydrogens (tertiary/aromatic N) is 2. The monoisotopic (exact) mass is 530 g/mol. The molecular formula is C27H39ClN6O3. The molecule has 2 aromatic heterocycles. The lowest BCUT2D eigenvalue weighted by Crippen LogP contribution is -2.50. The van der Waals surface area contributed by atoms with E-state index in [1.165, 1.54) is 0 Å². The number of hydrogen-bond acceptors (Lipinski definition) is 9. The Morgan fingerprint density at radius 2 is 1.73 bits per heavy atom. The molecule has 9 nitrogen and oxygen atoms in total. The molecule has 1 aliphatic carbocycles. The first kappa shape index (κ1) is 26.6. The third-order valence-electron chi connectivity index (χ3n) is 7.68. The highest BCUT2D eigenvalue weighted by Crippen LogP contribution is 2.30. The van der Waals surface area contributed by atoms with E-state index in [-0.39, 0.29) is 5.54 Å². The fourth-order valence-electron chi connectivity index (χ4n) is 5.26. The number of anilines is 2. The van der Waals surface area contributed by atoms with Crippen molar-refractivity contribution in [3.8, 4) is 11.3 Å². The maximum atomic E-state index is 6.55. The Morgan fingerprint density at radius 3 is 2.49 bits per heavy atom. The Balaban J connectivity index is 1.16. The highest BCUT2D eigenvalue weighted by Gasteiger charge is 2.32. The molecule has 37 heavy (non-hydrogen) atoms. The van der Waals surface area contributed by atoms with Gasteiger partial charge in [0.2, 0.25) is 0 Å². The van der Waals surface area contributed by atoms with E-state index in [9.17, 15) is 0 Å². The molecule has 0 aromatic carbocycles. The topological polar surface area (TPSA) is 116 Å². The van der Waals surface area contributed by atoms with E-state index < -0.39 is 5.79 Å². The van der Waals surface area contributed by atoms with Gasteiger partial charge in [0.25, 0.3) is 0 Å². The highest BCUT2D eigenvalue weighted by molar-refractivity contribution is 6.33. The van der Waals surface area contributed by atoms with Crippen LogP contribution in [-0.4, -0.2) is 72.9 Å². The molecule has 0 unspecified atom stereocenters. The third kappa shape index (κ3) is 7.10. The number of rotatable bonds is 9. The van der Waals surface area contributed by atoms with Crippen LogP contribution in [0.2, 0.25) is 5.02 Å². The van der Waals surface area contributed by atoms with E-state index >= 15 is 0 Å². The first-order valence-corrected chi connectivity index (χ1v) is 13.8. The van der Waals surface area contributed by atoms with Gasteiger partial charge in [-0.2, -0.15) is 0 Å². The van der Waals surface area contributed by atoms with Crippen LogP contribution in [-0.2, 0) is 14.2 Å². The Labute approximate surface area is 224 Å². The summed E-state index contributed by atoms with van der Waals surface area (Å²) in [6, 6.07) is 8.76. The lowest BCUT2D eigenvalue weighted by Gasteiger charge is -2.33. The molecule has 3 aliphatic rings. The average Bonchev–Trinajstić information content (AvgIpc) is 3.35. The van der Waals surface area contributed by atoms with Crippen molar-refractivity contribution < 1.29 is 14.2 Å². The maximum absolute atomic E-state index is 6.55. The van der Waals surface area contributed by atoms with E-state index in [4.69, 9.17) is 36.5 Å². The number of hydrogen-bond donors (Lipinski definition) is 4. The van der Waals surface area contributed by atoms with Crippen molar-refractivity contribution in [1.82, 2.24) is 15.3 Å². The van der Waals surface area contributed by atoms with Gasteiger partial charge in [-0.3, -0.25) is 0 Å². The fraction of sp³-hybridized carbons (Fsp3) is 0.630. The van der Waals surface area contributed by atoms with Crippen molar-refractivity contribution in [2.75, 3.05) is 50.2 Å². The van der Waals surface area contributed by atoms with Crippen LogP contribution in [0.5, 0.6) is 0 Å². The summed E-state index contributed by atoms with van der Waals surface area (Å²) in [4.78, 5) is 9.35. The molecular weight excluding hydrogens is 492 g/mol. The van der Waals surface area contributed by atoms with Gasteiger partial charge >= 0.3 is 0 Å². The minimum absolute atomic E-state index is 0.272. The molecule has 5 N–H and O–H groups in total. The molecule has 0 spiro atoms. The summed E-state index contributed by atoms with van der Waals surface area (Å²) in [6.07, 6.45) is 7.71. The maximum Gasteiger partial charge on any atom is 0.178 e. The second kappa shape index (κ2) is 11.8. The van der Waals surface area contributed by atoms with E-state index in [2.05, 4.69) is 20.9 Å². The molecule has 0 bridgehead atoms. The SMILES string of the molecule is CC1(CN[C@H]2CC[C@H](Nc3cc(-c4cccc(NCC5(N)CCOCC5)n4)c(Cl)cn3)CC2)OCCO1. The van der Waals surface area contributed by atoms with E-state index in [1.54, 1.807) is 6.20 Å². The predicted molar refractivity (Wildman–Crippen MR) is 146 cm³/mol. The van der Waals surface area contributed by atoms with Gasteiger partial charge in [0.05, 0.1) is 23.9 Å². The molecule has 1 saturated carbocycles. The Bertz CT molecular complexity index is 1040. The van der Waals surface area contributed by atoms with Crippen LogP contribution in [0.3, 0.4) is 0 Å². The zero-order valence-corrected chi connectivity index (χ0v) is 22.4. The summed E-state index contributed by atoms with van der Waals surface area (Å²) in [5, 5.41) is 11.2. The fourth-order valence-corrected chi connectivity index (χ4v) is 5.46. The van der Waals surface area contributed by atoms with Crippen molar-refractivity contribution in [3.05, 3.63) is 35.5 Å². The number of aromatic nitrogens is 2. The zero-order chi connectivity index (χ0) is 25.7. The molecule has 0 amide bonds. The van der Waals surface area contributed by atoms with Gasteiger partial charge in [0.1, 0.15) is 11.6 Å². The van der Waals surface area contributed by atoms with Crippen LogP contribution >= 0.6 is 11.6 Å². The van der Waals surface area contributed by atoms with Crippen LogP contribution in [0.25, 0.3) is 11.3 Å². The smallest absolute Gasteiger partial charge is 0.178 e. The van der Waals surface area contributed by atoms with Crippen LogP contribution in [0.15, 0.2) is 30.5 Å². The van der Waals surface area contributed by atoms with Gasteiger partial charge in [-0.05, 0) is 63.6 Å². The number of pyridine rings is 2. The summed E-state index contributed by atoms with van der Waals surface area (Å²) in [7, 11) is 0. The van der Waals surface area contributed by atoms with Crippen LogP contribution < -0.4 is 21.7 Å². The van der Waals surface area contributed by atoms with Crippen molar-refractivity contribution >= 4 is 23.2 Å². The Hall–Kier alpha value is -2.01. The summed E-state index contributed by atoms with van der Waals surface area (Å²) in [5.74, 6) is 1.11. The molecule has 202 valence electrons. The molecule has 3 fully saturated rings. The van der Waals surface area contributed by atoms with E-state index in [1.807, 2.05) is 31.2 Å². The molecule has 0 atom stereocenters. The van der Waals surface area contributed by atoms with Crippen molar-refractivity contribution in [2.45, 2.75) is 68.9 Å². The third-order valence-corrected chi connectivity index (χ3v) is 7.98. The summed E-state index contributed by atoms with van der Waals surface area (Å²) < 4.78 is 16.9. The number of nitrogens with two attached hydrogens (primary N) is 1. The van der Waals surface area contributed by atoms with Crippen molar-refractivity contribution in [1.29, 1.82) is 0 Å². The zero-order valence-electron chi connectivity index (χ0n) is 21.6. The molecule has 5 rings (SSSR count). The molecule has 10 heteroatoms. The van der Waals surface area contributed by atoms with Gasteiger partial charge < -0.3 is 35.9 Å². The van der Waals surface area contributed by atoms with Gasteiger partial charge in [0, 0.05) is 55.7 Å². The largest absolute Gasteiger partial charge is 0.381 e. The number of nitrogens with one attached hydrogen (secondary N) is 3. The molecule has 2 aliphatic heterocycles. The molecule has 0 radical (unpaired) electrons. The summed E-state index contributed by atoms with van der Waals surface area (Å²) in [6.45, 7) is 6.13. The molecule has 4 heterocycles. The van der Waals surface area contributed by atoms with Crippen LogP contribution in [0.1, 0.15) is 45.4 Å². The van der Waals surface area contributed by atoms with Crippen LogP contribution in [0, 0.1) is 0 Å².